The number of anilines is 1. The summed E-state index contributed by atoms with van der Waals surface area (Å²) >= 11 is 6.06. The Bertz CT molecular complexity index is 917. The monoisotopic (exact) mass is 313 g/mol. The summed E-state index contributed by atoms with van der Waals surface area (Å²) in [5.41, 5.74) is 8.14. The molecule has 0 amide bonds. The van der Waals surface area contributed by atoms with Crippen LogP contribution in [0.25, 0.3) is 11.0 Å². The first-order valence-electron chi connectivity index (χ1n) is 6.69. The molecule has 0 radical (unpaired) electrons. The van der Waals surface area contributed by atoms with Gasteiger partial charge in [-0.15, -0.1) is 0 Å². The molecule has 0 bridgehead atoms. The fraction of sp³-hybridized carbons (Fsp3) is 0.0667. The van der Waals surface area contributed by atoms with Crippen LogP contribution in [0.15, 0.2) is 47.5 Å². The second-order valence-electron chi connectivity index (χ2n) is 5.01. The van der Waals surface area contributed by atoms with Crippen LogP contribution >= 0.6 is 11.6 Å². The molecule has 3 aromatic rings. The number of rotatable bonds is 1. The van der Waals surface area contributed by atoms with E-state index in [1.54, 1.807) is 18.2 Å². The van der Waals surface area contributed by atoms with E-state index in [1.165, 1.54) is 0 Å². The van der Waals surface area contributed by atoms with Gasteiger partial charge in [-0.25, -0.2) is 9.98 Å². The lowest BCUT2D eigenvalue weighted by atomic mass is 10.1. The molecule has 1 aromatic heterocycles. The molecule has 22 heavy (non-hydrogen) atoms. The molecule has 110 valence electrons. The molecule has 0 fully saturated rings. The van der Waals surface area contributed by atoms with Crippen LogP contribution in [0.1, 0.15) is 11.7 Å². The number of para-hydroxylation sites is 2. The van der Waals surface area contributed by atoms with Crippen molar-refractivity contribution < 1.29 is 5.11 Å². The molecule has 4 rings (SSSR count). The van der Waals surface area contributed by atoms with Gasteiger partial charge in [-0.2, -0.15) is 0 Å². The van der Waals surface area contributed by atoms with E-state index in [2.05, 4.69) is 15.3 Å². The van der Waals surface area contributed by atoms with Gasteiger partial charge in [0.2, 0.25) is 5.95 Å². The first-order valence-corrected chi connectivity index (χ1v) is 7.07. The van der Waals surface area contributed by atoms with Crippen LogP contribution in [0.3, 0.4) is 0 Å². The number of aromatic nitrogens is 2. The predicted octanol–water partition coefficient (Wildman–Crippen LogP) is 2.68. The largest absolute Gasteiger partial charge is 0.508 e. The molecule has 0 aliphatic carbocycles. The zero-order valence-corrected chi connectivity index (χ0v) is 12.1. The smallest absolute Gasteiger partial charge is 0.212 e. The first kappa shape index (κ1) is 13.0. The van der Waals surface area contributed by atoms with E-state index < -0.39 is 6.17 Å². The highest BCUT2D eigenvalue weighted by Gasteiger charge is 2.27. The van der Waals surface area contributed by atoms with Crippen molar-refractivity contribution >= 4 is 34.5 Å². The predicted molar refractivity (Wildman–Crippen MR) is 86.2 cm³/mol. The van der Waals surface area contributed by atoms with Crippen molar-refractivity contribution in [1.82, 2.24) is 9.55 Å². The van der Waals surface area contributed by atoms with Gasteiger partial charge in [-0.3, -0.25) is 9.88 Å². The summed E-state index contributed by atoms with van der Waals surface area (Å²) < 4.78 is 1.89. The van der Waals surface area contributed by atoms with Crippen LogP contribution < -0.4 is 11.1 Å². The molecule has 1 atom stereocenters. The molecular weight excluding hydrogens is 302 g/mol. The molecule has 2 aromatic carbocycles. The number of halogens is 1. The molecule has 0 spiro atoms. The fourth-order valence-electron chi connectivity index (χ4n) is 2.66. The first-order chi connectivity index (χ1) is 10.6. The van der Waals surface area contributed by atoms with Crippen molar-refractivity contribution in [3.8, 4) is 5.75 Å². The molecule has 0 unspecified atom stereocenters. The quantitative estimate of drug-likeness (QED) is 0.644. The summed E-state index contributed by atoms with van der Waals surface area (Å²) in [5, 5.41) is 13.7. The topological polar surface area (TPSA) is 88.5 Å². The van der Waals surface area contributed by atoms with Gasteiger partial charge < -0.3 is 10.8 Å². The van der Waals surface area contributed by atoms with E-state index in [0.29, 0.717) is 16.5 Å². The van der Waals surface area contributed by atoms with Gasteiger partial charge in [0.05, 0.1) is 11.0 Å². The summed E-state index contributed by atoms with van der Waals surface area (Å²) in [7, 11) is 0. The van der Waals surface area contributed by atoms with Gasteiger partial charge in [-0.05, 0) is 30.3 Å². The number of aliphatic imine (C=N–C) groups is 1. The molecule has 0 saturated heterocycles. The van der Waals surface area contributed by atoms with Crippen LogP contribution in [-0.4, -0.2) is 20.6 Å². The second-order valence-corrected chi connectivity index (χ2v) is 5.45. The van der Waals surface area contributed by atoms with Crippen LogP contribution in [0.2, 0.25) is 5.02 Å². The Hall–Kier alpha value is -2.73. The maximum Gasteiger partial charge on any atom is 0.212 e. The number of guanidine groups is 1. The van der Waals surface area contributed by atoms with Crippen molar-refractivity contribution in [2.45, 2.75) is 6.17 Å². The third-order valence-electron chi connectivity index (χ3n) is 3.61. The number of nitrogens with one attached hydrogen (secondary N) is 1. The van der Waals surface area contributed by atoms with Gasteiger partial charge >= 0.3 is 0 Å². The SMILES string of the molecule is NC1=N[C@@H](c2cc(Cl)ccc2O)n2c(nc3ccccc32)N1. The lowest BCUT2D eigenvalue weighted by Crippen LogP contribution is -2.31. The number of aromatic hydroxyl groups is 1. The Morgan fingerprint density at radius 1 is 1.23 bits per heavy atom. The van der Waals surface area contributed by atoms with Gasteiger partial charge in [-0.1, -0.05) is 23.7 Å². The van der Waals surface area contributed by atoms with Gasteiger partial charge in [0.15, 0.2) is 12.1 Å². The number of imidazole rings is 1. The molecule has 2 heterocycles. The summed E-state index contributed by atoms with van der Waals surface area (Å²) in [6.45, 7) is 0. The zero-order chi connectivity index (χ0) is 15.3. The number of hydrogen-bond donors (Lipinski definition) is 3. The zero-order valence-electron chi connectivity index (χ0n) is 11.4. The molecule has 4 N–H and O–H groups in total. The minimum atomic E-state index is -0.526. The van der Waals surface area contributed by atoms with Crippen LogP contribution in [0, 0.1) is 0 Å². The molecule has 1 aliphatic heterocycles. The van der Waals surface area contributed by atoms with Crippen molar-refractivity contribution in [2.75, 3.05) is 5.32 Å². The van der Waals surface area contributed by atoms with E-state index >= 15 is 0 Å². The summed E-state index contributed by atoms with van der Waals surface area (Å²) in [6, 6.07) is 12.5. The van der Waals surface area contributed by atoms with Crippen molar-refractivity contribution in [2.24, 2.45) is 10.7 Å². The Labute approximate surface area is 130 Å². The van der Waals surface area contributed by atoms with Crippen LogP contribution in [0.4, 0.5) is 5.95 Å². The highest BCUT2D eigenvalue weighted by molar-refractivity contribution is 6.30. The normalized spacial score (nSPS) is 17.0. The number of nitrogens with zero attached hydrogens (tertiary/aromatic N) is 3. The van der Waals surface area contributed by atoms with Crippen molar-refractivity contribution in [3.63, 3.8) is 0 Å². The number of phenols is 1. The van der Waals surface area contributed by atoms with E-state index in [-0.39, 0.29) is 11.7 Å². The molecule has 1 aliphatic rings. The third kappa shape index (κ3) is 1.88. The maximum absolute atomic E-state index is 10.2. The average Bonchev–Trinajstić information content (AvgIpc) is 2.87. The van der Waals surface area contributed by atoms with E-state index in [1.807, 2.05) is 28.8 Å². The Kier molecular flexibility index (Phi) is 2.74. The van der Waals surface area contributed by atoms with Gasteiger partial charge in [0, 0.05) is 10.6 Å². The minimum absolute atomic E-state index is 0.108. The Morgan fingerprint density at radius 3 is 2.91 bits per heavy atom. The fourth-order valence-corrected chi connectivity index (χ4v) is 2.84. The number of hydrogen-bond acceptors (Lipinski definition) is 5. The molecular formula is C15H12ClN5O. The number of benzene rings is 2. The lowest BCUT2D eigenvalue weighted by molar-refractivity contribution is 0.456. The maximum atomic E-state index is 10.2. The minimum Gasteiger partial charge on any atom is -0.508 e. The highest BCUT2D eigenvalue weighted by Crippen LogP contribution is 2.36. The van der Waals surface area contributed by atoms with E-state index in [9.17, 15) is 5.11 Å². The molecule has 6 nitrogen and oxygen atoms in total. The van der Waals surface area contributed by atoms with Crippen LogP contribution in [0.5, 0.6) is 5.75 Å². The summed E-state index contributed by atoms with van der Waals surface area (Å²) in [5.74, 6) is 0.932. The van der Waals surface area contributed by atoms with Crippen LogP contribution in [-0.2, 0) is 0 Å². The summed E-state index contributed by atoms with van der Waals surface area (Å²) in [6.07, 6.45) is -0.526. The highest BCUT2D eigenvalue weighted by atomic mass is 35.5. The van der Waals surface area contributed by atoms with Gasteiger partial charge in [0.25, 0.3) is 0 Å². The Morgan fingerprint density at radius 2 is 2.05 bits per heavy atom. The summed E-state index contributed by atoms with van der Waals surface area (Å²) in [4.78, 5) is 8.91. The number of nitrogens with two attached hydrogens (primary N) is 1. The van der Waals surface area contributed by atoms with Crippen molar-refractivity contribution in [1.29, 1.82) is 0 Å². The molecule has 0 saturated carbocycles. The average molecular weight is 314 g/mol. The van der Waals surface area contributed by atoms with E-state index in [0.717, 1.165) is 11.0 Å². The second kappa shape index (κ2) is 4.64. The van der Waals surface area contributed by atoms with Gasteiger partial charge in [0.1, 0.15) is 5.75 Å². The lowest BCUT2D eigenvalue weighted by Gasteiger charge is -2.24. The number of fused-ring (bicyclic) bond motifs is 3. The standard InChI is InChI=1S/C15H12ClN5O/c16-8-5-6-12(22)9(7-8)13-19-14(17)20-15-18-10-3-1-2-4-11(10)21(13)15/h1-7,13,22H,(H3,17,18,19,20)/t13-/m1/s1. The van der Waals surface area contributed by atoms with Crippen molar-refractivity contribution in [3.05, 3.63) is 53.1 Å². The molecule has 7 heteroatoms. The third-order valence-corrected chi connectivity index (χ3v) is 3.84. The number of phenolic OH excluding ortho intramolecular Hbond substituents is 1. The van der Waals surface area contributed by atoms with E-state index in [4.69, 9.17) is 17.3 Å². The Balaban J connectivity index is 2.00.